The van der Waals surface area contributed by atoms with E-state index in [1.165, 1.54) is 24.8 Å². The predicted octanol–water partition coefficient (Wildman–Crippen LogP) is 3.22. The van der Waals surface area contributed by atoms with Crippen molar-refractivity contribution in [2.24, 2.45) is 0 Å². The van der Waals surface area contributed by atoms with Gasteiger partial charge in [-0.3, -0.25) is 0 Å². The molecule has 3 heteroatoms. The molecule has 1 aliphatic rings. The maximum atomic E-state index is 5.64. The van der Waals surface area contributed by atoms with Gasteiger partial charge in [-0.05, 0) is 51.1 Å². The summed E-state index contributed by atoms with van der Waals surface area (Å²) in [5.41, 5.74) is 1.34. The van der Waals surface area contributed by atoms with Crippen molar-refractivity contribution < 1.29 is 4.74 Å². The molecule has 1 unspecified atom stereocenters. The molecule has 0 radical (unpaired) electrons. The second kappa shape index (κ2) is 7.65. The van der Waals surface area contributed by atoms with E-state index in [0.717, 1.165) is 31.4 Å². The summed E-state index contributed by atoms with van der Waals surface area (Å²) in [5, 5.41) is 3.43. The average Bonchev–Trinajstić information content (AvgIpc) is 2.41. The van der Waals surface area contributed by atoms with Crippen LogP contribution in [-0.2, 0) is 0 Å². The van der Waals surface area contributed by atoms with E-state index in [-0.39, 0.29) is 0 Å². The van der Waals surface area contributed by atoms with Gasteiger partial charge in [0.15, 0.2) is 0 Å². The Morgan fingerprint density at radius 3 is 2.50 bits per heavy atom. The zero-order valence-corrected chi connectivity index (χ0v) is 13.1. The van der Waals surface area contributed by atoms with E-state index in [9.17, 15) is 0 Å². The quantitative estimate of drug-likeness (QED) is 0.789. The maximum absolute atomic E-state index is 5.64. The topological polar surface area (TPSA) is 24.5 Å². The van der Waals surface area contributed by atoms with Crippen LogP contribution >= 0.6 is 0 Å². The van der Waals surface area contributed by atoms with Crippen molar-refractivity contribution in [3.8, 4) is 5.75 Å². The number of hydrogen-bond donors (Lipinski definition) is 1. The van der Waals surface area contributed by atoms with Crippen molar-refractivity contribution in [2.75, 3.05) is 27.2 Å². The molecule has 0 aliphatic heterocycles. The predicted molar refractivity (Wildman–Crippen MR) is 84.3 cm³/mol. The Labute approximate surface area is 123 Å². The fourth-order valence-electron chi connectivity index (χ4n) is 2.64. The first kappa shape index (κ1) is 15.3. The zero-order valence-electron chi connectivity index (χ0n) is 13.1. The second-order valence-corrected chi connectivity index (χ2v) is 5.78. The summed E-state index contributed by atoms with van der Waals surface area (Å²) in [6, 6.07) is 9.71. The lowest BCUT2D eigenvalue weighted by molar-refractivity contribution is 0.147. The summed E-state index contributed by atoms with van der Waals surface area (Å²) in [5.74, 6) is 0.970. The minimum absolute atomic E-state index is 0.390. The van der Waals surface area contributed by atoms with Crippen molar-refractivity contribution in [1.29, 1.82) is 0 Å². The van der Waals surface area contributed by atoms with Crippen LogP contribution < -0.4 is 10.1 Å². The van der Waals surface area contributed by atoms with Gasteiger partial charge >= 0.3 is 0 Å². The highest BCUT2D eigenvalue weighted by molar-refractivity contribution is 5.29. The fourth-order valence-corrected chi connectivity index (χ4v) is 2.64. The third-order valence-electron chi connectivity index (χ3n) is 4.27. The molecule has 0 bridgehead atoms. The van der Waals surface area contributed by atoms with E-state index in [4.69, 9.17) is 4.74 Å². The van der Waals surface area contributed by atoms with Crippen molar-refractivity contribution in [3.63, 3.8) is 0 Å². The van der Waals surface area contributed by atoms with Gasteiger partial charge in [-0.1, -0.05) is 25.5 Å². The number of nitrogens with zero attached hydrogens (tertiary/aromatic N) is 1. The minimum Gasteiger partial charge on any atom is -0.494 e. The van der Waals surface area contributed by atoms with Crippen molar-refractivity contribution >= 4 is 0 Å². The Morgan fingerprint density at radius 2 is 2.00 bits per heavy atom. The van der Waals surface area contributed by atoms with Crippen LogP contribution in [0.15, 0.2) is 24.3 Å². The van der Waals surface area contributed by atoms with Crippen molar-refractivity contribution in [3.05, 3.63) is 29.8 Å². The van der Waals surface area contributed by atoms with Crippen LogP contribution in [0.25, 0.3) is 0 Å². The Morgan fingerprint density at radius 1 is 1.30 bits per heavy atom. The molecule has 0 saturated heterocycles. The molecule has 1 N–H and O–H groups in total. The van der Waals surface area contributed by atoms with Gasteiger partial charge in [0, 0.05) is 18.6 Å². The third kappa shape index (κ3) is 3.97. The molecule has 112 valence electrons. The molecule has 2 rings (SSSR count). The first-order valence-corrected chi connectivity index (χ1v) is 7.85. The molecule has 1 aromatic carbocycles. The maximum Gasteiger partial charge on any atom is 0.119 e. The molecular weight excluding hydrogens is 248 g/mol. The van der Waals surface area contributed by atoms with Crippen LogP contribution in [0.5, 0.6) is 5.75 Å². The van der Waals surface area contributed by atoms with E-state index in [1.807, 2.05) is 7.05 Å². The van der Waals surface area contributed by atoms with Crippen LogP contribution in [0, 0.1) is 0 Å². The van der Waals surface area contributed by atoms with E-state index < -0.39 is 0 Å². The second-order valence-electron chi connectivity index (χ2n) is 5.78. The summed E-state index contributed by atoms with van der Waals surface area (Å²) in [6.07, 6.45) is 5.16. The van der Waals surface area contributed by atoms with Crippen LogP contribution in [0.4, 0.5) is 0 Å². The van der Waals surface area contributed by atoms with Crippen molar-refractivity contribution in [1.82, 2.24) is 10.2 Å². The molecule has 20 heavy (non-hydrogen) atoms. The van der Waals surface area contributed by atoms with Crippen LogP contribution in [0.1, 0.15) is 44.2 Å². The highest BCUT2D eigenvalue weighted by Crippen LogP contribution is 2.26. The number of benzene rings is 1. The molecule has 1 aromatic rings. The van der Waals surface area contributed by atoms with E-state index >= 15 is 0 Å². The lowest BCUT2D eigenvalue weighted by atomic mass is 9.91. The Kier molecular flexibility index (Phi) is 5.86. The largest absolute Gasteiger partial charge is 0.494 e. The number of rotatable bonds is 8. The van der Waals surface area contributed by atoms with Gasteiger partial charge in [0.05, 0.1) is 6.61 Å². The summed E-state index contributed by atoms with van der Waals surface area (Å²) in [6.45, 7) is 3.98. The normalized spacial score (nSPS) is 17.0. The van der Waals surface area contributed by atoms with Gasteiger partial charge in [0.2, 0.25) is 0 Å². The zero-order chi connectivity index (χ0) is 14.4. The molecule has 0 amide bonds. The smallest absolute Gasteiger partial charge is 0.119 e. The van der Waals surface area contributed by atoms with Gasteiger partial charge in [-0.25, -0.2) is 0 Å². The highest BCUT2D eigenvalue weighted by atomic mass is 16.5. The summed E-state index contributed by atoms with van der Waals surface area (Å²) >= 11 is 0. The highest BCUT2D eigenvalue weighted by Gasteiger charge is 2.24. The molecule has 3 nitrogen and oxygen atoms in total. The Balaban J connectivity index is 1.92. The SMILES string of the molecule is CCCOc1ccc(C(CN(C)C2CCC2)NC)cc1. The first-order chi connectivity index (χ1) is 9.74. The van der Waals surface area contributed by atoms with Crippen LogP contribution in [-0.4, -0.2) is 38.2 Å². The third-order valence-corrected chi connectivity index (χ3v) is 4.27. The summed E-state index contributed by atoms with van der Waals surface area (Å²) in [7, 11) is 4.29. The average molecular weight is 276 g/mol. The Bertz CT molecular complexity index is 386. The molecular formula is C17H28N2O. The Hall–Kier alpha value is -1.06. The number of likely N-dealkylation sites (N-methyl/N-ethyl adjacent to an activating group) is 2. The standard InChI is InChI=1S/C17H28N2O/c1-4-12-20-16-10-8-14(9-11-16)17(18-2)13-19(3)15-6-5-7-15/h8-11,15,17-18H,4-7,12-13H2,1-3H3. The minimum atomic E-state index is 0.390. The number of hydrogen-bond acceptors (Lipinski definition) is 3. The number of nitrogens with one attached hydrogen (secondary N) is 1. The van der Waals surface area contributed by atoms with Crippen molar-refractivity contribution in [2.45, 2.75) is 44.7 Å². The van der Waals surface area contributed by atoms with E-state index in [0.29, 0.717) is 6.04 Å². The number of ether oxygens (including phenoxy) is 1. The monoisotopic (exact) mass is 276 g/mol. The van der Waals surface area contributed by atoms with Gasteiger partial charge in [-0.15, -0.1) is 0 Å². The van der Waals surface area contributed by atoms with Gasteiger partial charge in [0.1, 0.15) is 5.75 Å². The summed E-state index contributed by atoms with van der Waals surface area (Å²) in [4.78, 5) is 2.49. The lowest BCUT2D eigenvalue weighted by Crippen LogP contribution is -2.41. The van der Waals surface area contributed by atoms with E-state index in [2.05, 4.69) is 48.5 Å². The van der Waals surface area contributed by atoms with Crippen LogP contribution in [0.2, 0.25) is 0 Å². The molecule has 1 aliphatic carbocycles. The van der Waals surface area contributed by atoms with Gasteiger partial charge in [-0.2, -0.15) is 0 Å². The van der Waals surface area contributed by atoms with Gasteiger partial charge in [0.25, 0.3) is 0 Å². The molecule has 0 aromatic heterocycles. The molecule has 0 heterocycles. The fraction of sp³-hybridized carbons (Fsp3) is 0.647. The lowest BCUT2D eigenvalue weighted by Gasteiger charge is -2.36. The summed E-state index contributed by atoms with van der Waals surface area (Å²) < 4.78 is 5.64. The van der Waals surface area contributed by atoms with Gasteiger partial charge < -0.3 is 15.0 Å². The van der Waals surface area contributed by atoms with E-state index in [1.54, 1.807) is 0 Å². The molecule has 1 fully saturated rings. The molecule has 1 atom stereocenters. The molecule has 1 saturated carbocycles. The molecule has 0 spiro atoms. The first-order valence-electron chi connectivity index (χ1n) is 7.85. The van der Waals surface area contributed by atoms with Crippen LogP contribution in [0.3, 0.4) is 0 Å².